The van der Waals surface area contributed by atoms with Crippen LogP contribution in [0.25, 0.3) is 16.2 Å². The number of nitrogens with one attached hydrogen (secondary N) is 1. The first-order chi connectivity index (χ1) is 12.8. The van der Waals surface area contributed by atoms with Crippen LogP contribution in [0.2, 0.25) is 0 Å². The molecular formula is C21H17N3OS. The van der Waals surface area contributed by atoms with Crippen molar-refractivity contribution in [3.63, 3.8) is 0 Å². The van der Waals surface area contributed by atoms with Gasteiger partial charge in [-0.15, -0.1) is 17.8 Å². The molecule has 0 aliphatic carbocycles. The van der Waals surface area contributed by atoms with Crippen molar-refractivity contribution >= 4 is 22.8 Å². The third kappa shape index (κ3) is 2.81. The smallest absolute Gasteiger partial charge is 0.140 e. The Morgan fingerprint density at radius 1 is 1.19 bits per heavy atom. The van der Waals surface area contributed by atoms with Gasteiger partial charge in [0.1, 0.15) is 22.9 Å². The van der Waals surface area contributed by atoms with Gasteiger partial charge in [-0.25, -0.2) is 4.98 Å². The summed E-state index contributed by atoms with van der Waals surface area (Å²) in [4.78, 5) is 5.80. The fourth-order valence-corrected chi connectivity index (χ4v) is 3.81. The van der Waals surface area contributed by atoms with Crippen LogP contribution in [0.3, 0.4) is 0 Å². The summed E-state index contributed by atoms with van der Waals surface area (Å²) in [7, 11) is 1.68. The molecule has 3 heterocycles. The van der Waals surface area contributed by atoms with Crippen LogP contribution in [-0.4, -0.2) is 16.5 Å². The Morgan fingerprint density at radius 2 is 2.04 bits per heavy atom. The van der Waals surface area contributed by atoms with E-state index in [0.717, 1.165) is 38.9 Å². The van der Waals surface area contributed by atoms with Crippen LogP contribution in [-0.2, 0) is 6.54 Å². The lowest BCUT2D eigenvalue weighted by molar-refractivity contribution is 0.410. The van der Waals surface area contributed by atoms with Gasteiger partial charge in [0, 0.05) is 23.9 Å². The van der Waals surface area contributed by atoms with Crippen LogP contribution >= 0.6 is 11.3 Å². The Hall–Kier alpha value is -3.23. The standard InChI is InChI=1S/C21H17N3OS/c1-3-15-11-13-26-20(15)19-21(24-12-7-6-10-18(24)23-19)22-14-16-8-4-5-9-17(16)25-2/h1,4-13,22H,14H2,2H3. The third-order valence-electron chi connectivity index (χ3n) is 4.20. The second-order valence-corrected chi connectivity index (χ2v) is 6.63. The van der Waals surface area contributed by atoms with Gasteiger partial charge in [0.05, 0.1) is 12.0 Å². The monoisotopic (exact) mass is 359 g/mol. The highest BCUT2D eigenvalue weighted by Crippen LogP contribution is 2.35. The van der Waals surface area contributed by atoms with E-state index in [2.05, 4.69) is 11.2 Å². The van der Waals surface area contributed by atoms with Crippen molar-refractivity contribution in [2.75, 3.05) is 12.4 Å². The van der Waals surface area contributed by atoms with Crippen LogP contribution < -0.4 is 10.1 Å². The number of thiophene rings is 1. The average Bonchev–Trinajstić information content (AvgIpc) is 3.30. The molecule has 4 nitrogen and oxygen atoms in total. The largest absolute Gasteiger partial charge is 0.496 e. The van der Waals surface area contributed by atoms with Crippen molar-refractivity contribution in [2.24, 2.45) is 0 Å². The molecule has 0 radical (unpaired) electrons. The normalized spacial score (nSPS) is 10.6. The number of nitrogens with zero attached hydrogens (tertiary/aromatic N) is 2. The zero-order chi connectivity index (χ0) is 17.9. The van der Waals surface area contributed by atoms with E-state index < -0.39 is 0 Å². The summed E-state index contributed by atoms with van der Waals surface area (Å²) >= 11 is 1.60. The molecule has 1 N–H and O–H groups in total. The van der Waals surface area contributed by atoms with Gasteiger partial charge in [-0.1, -0.05) is 30.2 Å². The van der Waals surface area contributed by atoms with E-state index in [1.807, 2.05) is 64.5 Å². The molecular weight excluding hydrogens is 342 g/mol. The van der Waals surface area contributed by atoms with E-state index in [9.17, 15) is 0 Å². The number of rotatable bonds is 5. The number of hydrogen-bond donors (Lipinski definition) is 1. The van der Waals surface area contributed by atoms with Crippen LogP contribution in [0.15, 0.2) is 60.1 Å². The van der Waals surface area contributed by atoms with Crippen molar-refractivity contribution in [1.29, 1.82) is 0 Å². The number of methoxy groups -OCH3 is 1. The molecule has 4 rings (SSSR count). The van der Waals surface area contributed by atoms with E-state index in [1.165, 1.54) is 0 Å². The zero-order valence-corrected chi connectivity index (χ0v) is 15.1. The minimum atomic E-state index is 0.621. The molecule has 5 heteroatoms. The van der Waals surface area contributed by atoms with Crippen molar-refractivity contribution in [2.45, 2.75) is 6.54 Å². The number of terminal acetylenes is 1. The van der Waals surface area contributed by atoms with E-state index in [1.54, 1.807) is 18.4 Å². The molecule has 3 aromatic heterocycles. The number of anilines is 1. The quantitative estimate of drug-likeness (QED) is 0.527. The number of aromatic nitrogens is 2. The van der Waals surface area contributed by atoms with Gasteiger partial charge in [0.15, 0.2) is 0 Å². The topological polar surface area (TPSA) is 38.6 Å². The van der Waals surface area contributed by atoms with Gasteiger partial charge in [-0.2, -0.15) is 0 Å². The second kappa shape index (κ2) is 6.95. The van der Waals surface area contributed by atoms with Crippen molar-refractivity contribution in [3.8, 4) is 28.7 Å². The molecule has 0 aliphatic heterocycles. The fourth-order valence-electron chi connectivity index (χ4n) is 2.96. The van der Waals surface area contributed by atoms with Crippen molar-refractivity contribution < 1.29 is 4.74 Å². The molecule has 26 heavy (non-hydrogen) atoms. The molecule has 0 spiro atoms. The molecule has 0 amide bonds. The van der Waals surface area contributed by atoms with E-state index in [0.29, 0.717) is 6.54 Å². The molecule has 0 saturated carbocycles. The third-order valence-corrected chi connectivity index (χ3v) is 5.13. The van der Waals surface area contributed by atoms with Crippen LogP contribution in [0.5, 0.6) is 5.75 Å². The van der Waals surface area contributed by atoms with E-state index >= 15 is 0 Å². The lowest BCUT2D eigenvalue weighted by Crippen LogP contribution is -2.04. The fraction of sp³-hybridized carbons (Fsp3) is 0.0952. The Kier molecular flexibility index (Phi) is 4.34. The number of benzene rings is 1. The molecule has 0 saturated heterocycles. The second-order valence-electron chi connectivity index (χ2n) is 5.71. The number of hydrogen-bond acceptors (Lipinski definition) is 4. The van der Waals surface area contributed by atoms with Gasteiger partial charge in [-0.3, -0.25) is 4.40 Å². The lowest BCUT2D eigenvalue weighted by atomic mass is 10.2. The van der Waals surface area contributed by atoms with Crippen LogP contribution in [0.4, 0.5) is 5.82 Å². The highest BCUT2D eigenvalue weighted by molar-refractivity contribution is 7.13. The summed E-state index contributed by atoms with van der Waals surface area (Å²) in [5.41, 5.74) is 3.68. The van der Waals surface area contributed by atoms with Crippen LogP contribution in [0.1, 0.15) is 11.1 Å². The first-order valence-electron chi connectivity index (χ1n) is 8.19. The Balaban J connectivity index is 1.78. The Labute approximate surface area is 156 Å². The van der Waals surface area contributed by atoms with Crippen molar-refractivity contribution in [1.82, 2.24) is 9.38 Å². The number of ether oxygens (including phenoxy) is 1. The number of pyridine rings is 1. The van der Waals surface area contributed by atoms with Crippen molar-refractivity contribution in [3.05, 3.63) is 71.2 Å². The maximum atomic E-state index is 5.66. The minimum Gasteiger partial charge on any atom is -0.496 e. The molecule has 4 aromatic rings. The zero-order valence-electron chi connectivity index (χ0n) is 14.3. The van der Waals surface area contributed by atoms with Gasteiger partial charge in [-0.05, 0) is 29.6 Å². The molecule has 128 valence electrons. The molecule has 0 unspecified atom stereocenters. The molecule has 0 bridgehead atoms. The number of fused-ring (bicyclic) bond motifs is 1. The molecule has 1 aromatic carbocycles. The number of para-hydroxylation sites is 1. The predicted molar refractivity (Wildman–Crippen MR) is 107 cm³/mol. The van der Waals surface area contributed by atoms with E-state index in [4.69, 9.17) is 16.1 Å². The van der Waals surface area contributed by atoms with Gasteiger partial charge in [0.25, 0.3) is 0 Å². The summed E-state index contributed by atoms with van der Waals surface area (Å²) in [5.74, 6) is 4.53. The maximum absolute atomic E-state index is 5.66. The highest BCUT2D eigenvalue weighted by Gasteiger charge is 2.17. The lowest BCUT2D eigenvalue weighted by Gasteiger charge is -2.11. The summed E-state index contributed by atoms with van der Waals surface area (Å²) < 4.78 is 7.50. The summed E-state index contributed by atoms with van der Waals surface area (Å²) in [6.07, 6.45) is 7.66. The maximum Gasteiger partial charge on any atom is 0.140 e. The first kappa shape index (κ1) is 16.2. The molecule has 0 atom stereocenters. The summed E-state index contributed by atoms with van der Waals surface area (Å²) in [6.45, 7) is 0.621. The molecule has 0 fully saturated rings. The van der Waals surface area contributed by atoms with Gasteiger partial charge in [0.2, 0.25) is 0 Å². The van der Waals surface area contributed by atoms with E-state index in [-0.39, 0.29) is 0 Å². The minimum absolute atomic E-state index is 0.621. The Bertz CT molecular complexity index is 1100. The average molecular weight is 359 g/mol. The van der Waals surface area contributed by atoms with Gasteiger partial charge < -0.3 is 10.1 Å². The highest BCUT2D eigenvalue weighted by atomic mass is 32.1. The predicted octanol–water partition coefficient (Wildman–Crippen LogP) is 4.66. The number of imidazole rings is 1. The molecule has 0 aliphatic rings. The SMILES string of the molecule is C#Cc1ccsc1-c1nc2ccccn2c1NCc1ccccc1OC. The Morgan fingerprint density at radius 3 is 2.88 bits per heavy atom. The van der Waals surface area contributed by atoms with Crippen LogP contribution in [0, 0.1) is 12.3 Å². The summed E-state index contributed by atoms with van der Waals surface area (Å²) in [6, 6.07) is 15.9. The van der Waals surface area contributed by atoms with Gasteiger partial charge >= 0.3 is 0 Å². The first-order valence-corrected chi connectivity index (χ1v) is 9.07. The summed E-state index contributed by atoms with van der Waals surface area (Å²) in [5, 5.41) is 5.52.